The van der Waals surface area contributed by atoms with Crippen LogP contribution in [0.15, 0.2) is 83.8 Å². The van der Waals surface area contributed by atoms with Crippen LogP contribution in [0, 0.1) is 5.82 Å². The highest BCUT2D eigenvalue weighted by Gasteiger charge is 2.16. The Morgan fingerprint density at radius 2 is 1.50 bits per heavy atom. The van der Waals surface area contributed by atoms with Crippen molar-refractivity contribution >= 4 is 33.6 Å². The summed E-state index contributed by atoms with van der Waals surface area (Å²) in [6, 6.07) is 17.1. The summed E-state index contributed by atoms with van der Waals surface area (Å²) < 4.78 is 42.5. The molecule has 0 saturated carbocycles. The van der Waals surface area contributed by atoms with Gasteiger partial charge in [0.25, 0.3) is 0 Å². The average Bonchev–Trinajstić information content (AvgIpc) is 2.68. The molecule has 0 atom stereocenters. The molecule has 7 heteroatoms. The fourth-order valence-electron chi connectivity index (χ4n) is 2.29. The lowest BCUT2D eigenvalue weighted by molar-refractivity contribution is 0.104. The Labute approximate surface area is 167 Å². The van der Waals surface area contributed by atoms with Crippen molar-refractivity contribution in [3.05, 3.63) is 101 Å². The summed E-state index contributed by atoms with van der Waals surface area (Å²) in [4.78, 5) is 12.0. The first kappa shape index (κ1) is 19.8. The zero-order valence-corrected chi connectivity index (χ0v) is 16.0. The maximum absolute atomic E-state index is 12.9. The number of rotatable bonds is 6. The standard InChI is InChI=1S/C21H14ClFO4S/c22-17-6-12-20(13-7-17)28(25,26)27-19-10-1-15(2-11-19)3-14-21(24)16-4-8-18(23)9-5-16/h1-14H/b14-3+. The molecule has 3 rings (SSSR count). The van der Waals surface area contributed by atoms with E-state index in [0.717, 1.165) is 0 Å². The average molecular weight is 417 g/mol. The van der Waals surface area contributed by atoms with Crippen molar-refractivity contribution in [2.45, 2.75) is 4.90 Å². The van der Waals surface area contributed by atoms with E-state index in [2.05, 4.69) is 0 Å². The Kier molecular flexibility index (Phi) is 5.92. The van der Waals surface area contributed by atoms with Crippen LogP contribution in [0.4, 0.5) is 4.39 Å². The molecule has 28 heavy (non-hydrogen) atoms. The van der Waals surface area contributed by atoms with Crippen molar-refractivity contribution in [2.75, 3.05) is 0 Å². The second-order valence-corrected chi connectivity index (χ2v) is 7.75. The topological polar surface area (TPSA) is 60.4 Å². The van der Waals surface area contributed by atoms with Gasteiger partial charge in [-0.15, -0.1) is 0 Å². The van der Waals surface area contributed by atoms with E-state index in [9.17, 15) is 17.6 Å². The van der Waals surface area contributed by atoms with Gasteiger partial charge in [-0.3, -0.25) is 4.79 Å². The highest BCUT2D eigenvalue weighted by molar-refractivity contribution is 7.87. The number of halogens is 2. The van der Waals surface area contributed by atoms with E-state index in [4.69, 9.17) is 15.8 Å². The SMILES string of the molecule is O=C(/C=C/c1ccc(OS(=O)(=O)c2ccc(Cl)cc2)cc1)c1ccc(F)cc1. The molecule has 0 saturated heterocycles. The quantitative estimate of drug-likeness (QED) is 0.317. The molecule has 0 aliphatic carbocycles. The van der Waals surface area contributed by atoms with E-state index in [0.29, 0.717) is 16.1 Å². The number of allylic oxidation sites excluding steroid dienone is 1. The third kappa shape index (κ3) is 5.06. The van der Waals surface area contributed by atoms with Gasteiger partial charge in [0.2, 0.25) is 0 Å². The van der Waals surface area contributed by atoms with E-state index >= 15 is 0 Å². The van der Waals surface area contributed by atoms with Crippen LogP contribution < -0.4 is 4.18 Å². The fourth-order valence-corrected chi connectivity index (χ4v) is 3.35. The molecule has 0 amide bonds. The summed E-state index contributed by atoms with van der Waals surface area (Å²) in [5, 5.41) is 0.422. The fraction of sp³-hybridized carbons (Fsp3) is 0. The molecular weight excluding hydrogens is 403 g/mol. The van der Waals surface area contributed by atoms with Gasteiger partial charge in [0.15, 0.2) is 5.78 Å². The molecule has 0 aliphatic rings. The predicted molar refractivity (Wildman–Crippen MR) is 105 cm³/mol. The molecular formula is C21H14ClFO4S. The Hall–Kier alpha value is -2.96. The van der Waals surface area contributed by atoms with Crippen LogP contribution in [0.3, 0.4) is 0 Å². The number of hydrogen-bond donors (Lipinski definition) is 0. The van der Waals surface area contributed by atoms with Crippen molar-refractivity contribution in [3.63, 3.8) is 0 Å². The third-order valence-corrected chi connectivity index (χ3v) is 5.26. The molecule has 0 radical (unpaired) electrons. The molecule has 0 unspecified atom stereocenters. The molecule has 0 spiro atoms. The minimum absolute atomic E-state index is 0.00855. The third-order valence-electron chi connectivity index (χ3n) is 3.74. The Balaban J connectivity index is 1.68. The lowest BCUT2D eigenvalue weighted by Crippen LogP contribution is -2.09. The minimum atomic E-state index is -3.97. The number of ketones is 1. The van der Waals surface area contributed by atoms with Crippen LogP contribution >= 0.6 is 11.6 Å². The number of benzene rings is 3. The monoisotopic (exact) mass is 416 g/mol. The summed E-state index contributed by atoms with van der Waals surface area (Å²) in [6.07, 6.45) is 2.93. The Bertz CT molecular complexity index is 1100. The van der Waals surface area contributed by atoms with Crippen molar-refractivity contribution in [2.24, 2.45) is 0 Å². The first-order chi connectivity index (χ1) is 13.3. The van der Waals surface area contributed by atoms with Crippen molar-refractivity contribution in [1.82, 2.24) is 0 Å². The van der Waals surface area contributed by atoms with Gasteiger partial charge in [0.1, 0.15) is 16.5 Å². The number of carbonyl (C=O) groups excluding carboxylic acids is 1. The normalized spacial score (nSPS) is 11.5. The first-order valence-corrected chi connectivity index (χ1v) is 9.90. The van der Waals surface area contributed by atoms with E-state index in [1.807, 2.05) is 0 Å². The van der Waals surface area contributed by atoms with Gasteiger partial charge in [-0.25, -0.2) is 4.39 Å². The molecule has 142 valence electrons. The van der Waals surface area contributed by atoms with Gasteiger partial charge >= 0.3 is 10.1 Å². The lowest BCUT2D eigenvalue weighted by Gasteiger charge is -2.07. The summed E-state index contributed by atoms with van der Waals surface area (Å²) in [5.41, 5.74) is 1.04. The largest absolute Gasteiger partial charge is 0.379 e. The van der Waals surface area contributed by atoms with E-state index in [1.54, 1.807) is 18.2 Å². The van der Waals surface area contributed by atoms with Crippen LogP contribution in [0.2, 0.25) is 5.02 Å². The molecule has 0 aliphatic heterocycles. The van der Waals surface area contributed by atoms with Crippen LogP contribution in [0.5, 0.6) is 5.75 Å². The van der Waals surface area contributed by atoms with Gasteiger partial charge in [-0.05, 0) is 72.3 Å². The number of hydrogen-bond acceptors (Lipinski definition) is 4. The molecule has 3 aromatic rings. The maximum Gasteiger partial charge on any atom is 0.339 e. The molecule has 0 bridgehead atoms. The first-order valence-electron chi connectivity index (χ1n) is 8.12. The summed E-state index contributed by atoms with van der Waals surface area (Å²) in [6.45, 7) is 0. The van der Waals surface area contributed by atoms with E-state index < -0.39 is 15.9 Å². The van der Waals surface area contributed by atoms with Gasteiger partial charge in [0.05, 0.1) is 0 Å². The van der Waals surface area contributed by atoms with Crippen molar-refractivity contribution in [1.29, 1.82) is 0 Å². The van der Waals surface area contributed by atoms with Crippen LogP contribution in [-0.4, -0.2) is 14.2 Å². The minimum Gasteiger partial charge on any atom is -0.379 e. The van der Waals surface area contributed by atoms with E-state index in [1.165, 1.54) is 66.7 Å². The predicted octanol–water partition coefficient (Wildman–Crippen LogP) is 5.14. The highest BCUT2D eigenvalue weighted by atomic mass is 35.5. The molecule has 0 heterocycles. The second-order valence-electron chi connectivity index (χ2n) is 5.76. The molecule has 0 N–H and O–H groups in total. The molecule has 3 aromatic carbocycles. The van der Waals surface area contributed by atoms with Gasteiger partial charge in [-0.1, -0.05) is 29.8 Å². The van der Waals surface area contributed by atoms with Crippen LogP contribution in [0.25, 0.3) is 6.08 Å². The number of carbonyl (C=O) groups is 1. The van der Waals surface area contributed by atoms with Gasteiger partial charge < -0.3 is 4.18 Å². The second kappa shape index (κ2) is 8.37. The Morgan fingerprint density at radius 1 is 0.893 bits per heavy atom. The van der Waals surface area contributed by atoms with E-state index in [-0.39, 0.29) is 16.4 Å². The van der Waals surface area contributed by atoms with Gasteiger partial charge in [-0.2, -0.15) is 8.42 Å². The van der Waals surface area contributed by atoms with Crippen LogP contribution in [0.1, 0.15) is 15.9 Å². The smallest absolute Gasteiger partial charge is 0.339 e. The lowest BCUT2D eigenvalue weighted by atomic mass is 10.1. The van der Waals surface area contributed by atoms with Crippen molar-refractivity contribution < 1.29 is 21.8 Å². The van der Waals surface area contributed by atoms with Crippen LogP contribution in [-0.2, 0) is 10.1 Å². The molecule has 0 aromatic heterocycles. The molecule has 0 fully saturated rings. The zero-order valence-electron chi connectivity index (χ0n) is 14.4. The summed E-state index contributed by atoms with van der Waals surface area (Å²) in [5.74, 6) is -0.549. The zero-order chi connectivity index (χ0) is 20.1. The summed E-state index contributed by atoms with van der Waals surface area (Å²) >= 11 is 5.75. The van der Waals surface area contributed by atoms with Crippen molar-refractivity contribution in [3.8, 4) is 5.75 Å². The Morgan fingerprint density at radius 3 is 2.11 bits per heavy atom. The summed E-state index contributed by atoms with van der Waals surface area (Å²) in [7, 11) is -3.97. The van der Waals surface area contributed by atoms with Gasteiger partial charge in [0, 0.05) is 10.6 Å². The molecule has 4 nitrogen and oxygen atoms in total. The maximum atomic E-state index is 12.9. The highest BCUT2D eigenvalue weighted by Crippen LogP contribution is 2.21.